The summed E-state index contributed by atoms with van der Waals surface area (Å²) in [4.78, 5) is 12.9. The lowest BCUT2D eigenvalue weighted by Crippen LogP contribution is -2.27. The summed E-state index contributed by atoms with van der Waals surface area (Å²) in [6, 6.07) is 10.3. The van der Waals surface area contributed by atoms with Crippen molar-refractivity contribution in [3.8, 4) is 0 Å². The van der Waals surface area contributed by atoms with Crippen LogP contribution >= 0.6 is 22.6 Å². The molecule has 0 bridgehead atoms. The number of nitrogens with zero attached hydrogens (tertiary/aromatic N) is 2. The normalized spacial score (nSPS) is 14.4. The molecule has 6 heteroatoms. The van der Waals surface area contributed by atoms with Gasteiger partial charge in [-0.05, 0) is 50.0 Å². The number of halogens is 1. The minimum absolute atomic E-state index is 0.0247. The maximum atomic E-state index is 12.9. The maximum absolute atomic E-state index is 12.9. The summed E-state index contributed by atoms with van der Waals surface area (Å²) in [6.07, 6.45) is 6.28. The second-order valence-electron chi connectivity index (χ2n) is 7.86. The molecular weight excluding hydrogens is 477 g/mol. The van der Waals surface area contributed by atoms with Crippen LogP contribution in [-0.2, 0) is 24.1 Å². The number of aromatic nitrogens is 2. The number of hydrogen-bond donors (Lipinski definition) is 1. The third kappa shape index (κ3) is 6.54. The van der Waals surface area contributed by atoms with Gasteiger partial charge >= 0.3 is 0 Å². The summed E-state index contributed by atoms with van der Waals surface area (Å²) in [6.45, 7) is 5.25. The fraction of sp³-hybridized carbons (Fsp3) is 0.565. The monoisotopic (exact) mass is 509 g/mol. The van der Waals surface area contributed by atoms with Crippen molar-refractivity contribution in [2.24, 2.45) is 5.92 Å². The van der Waals surface area contributed by atoms with E-state index in [2.05, 4.69) is 47.0 Å². The van der Waals surface area contributed by atoms with Crippen molar-refractivity contribution in [3.05, 3.63) is 52.8 Å². The molecule has 158 valence electrons. The number of fused-ring (bicyclic) bond motifs is 1. The van der Waals surface area contributed by atoms with E-state index in [1.165, 1.54) is 17.7 Å². The summed E-state index contributed by atoms with van der Waals surface area (Å²) in [5.41, 5.74) is 4.25. The quantitative estimate of drug-likeness (QED) is 0.278. The molecule has 0 fully saturated rings. The first-order valence-corrected chi connectivity index (χ1v) is 12.3. The number of benzene rings is 1. The van der Waals surface area contributed by atoms with Crippen LogP contribution in [0.25, 0.3) is 0 Å². The van der Waals surface area contributed by atoms with Gasteiger partial charge in [-0.25, -0.2) is 0 Å². The number of hydrogen-bond acceptors (Lipinski definition) is 3. The van der Waals surface area contributed by atoms with Gasteiger partial charge in [-0.1, -0.05) is 59.8 Å². The van der Waals surface area contributed by atoms with Crippen LogP contribution in [-0.4, -0.2) is 39.9 Å². The van der Waals surface area contributed by atoms with Gasteiger partial charge in [-0.15, -0.1) is 0 Å². The van der Waals surface area contributed by atoms with Crippen molar-refractivity contribution in [2.75, 3.05) is 24.2 Å². The van der Waals surface area contributed by atoms with Gasteiger partial charge < -0.3 is 10.1 Å². The molecule has 1 N–H and O–H groups in total. The zero-order chi connectivity index (χ0) is 20.5. The van der Waals surface area contributed by atoms with Crippen molar-refractivity contribution in [2.45, 2.75) is 52.0 Å². The Balaban J connectivity index is 1.57. The number of alkyl halides is 1. The molecular formula is C23H32IN3O2. The predicted molar refractivity (Wildman–Crippen MR) is 125 cm³/mol. The van der Waals surface area contributed by atoms with E-state index in [1.807, 2.05) is 22.9 Å². The van der Waals surface area contributed by atoms with E-state index in [0.29, 0.717) is 18.2 Å². The number of ether oxygens (including phenoxy) is 1. The Morgan fingerprint density at radius 2 is 2.00 bits per heavy atom. The molecule has 2 aromatic rings. The van der Waals surface area contributed by atoms with Crippen molar-refractivity contribution in [1.82, 2.24) is 15.1 Å². The summed E-state index contributed by atoms with van der Waals surface area (Å²) < 4.78 is 8.64. The standard InChI is InChI=1S/C23H32IN3O2/c1-18(12-15-29-16-13-24)11-14-25-23(28)22-20-9-5-6-10-21(20)27(26-22)17-19-7-3-2-4-8-19/h2-4,7-8,18H,5-6,9-17H2,1H3,(H,25,28). The Morgan fingerprint density at radius 1 is 1.21 bits per heavy atom. The predicted octanol–water partition coefficient (Wildman–Crippen LogP) is 4.41. The number of rotatable bonds is 11. The third-order valence-corrected chi connectivity index (χ3v) is 5.99. The van der Waals surface area contributed by atoms with E-state index in [1.54, 1.807) is 0 Å². The Morgan fingerprint density at radius 3 is 2.79 bits per heavy atom. The first kappa shape index (κ1) is 22.3. The molecule has 0 saturated heterocycles. The molecule has 3 rings (SSSR count). The maximum Gasteiger partial charge on any atom is 0.272 e. The zero-order valence-electron chi connectivity index (χ0n) is 17.3. The fourth-order valence-electron chi connectivity index (χ4n) is 3.84. The van der Waals surface area contributed by atoms with E-state index in [9.17, 15) is 4.79 Å². The molecule has 1 aliphatic rings. The van der Waals surface area contributed by atoms with Gasteiger partial charge in [0, 0.05) is 28.8 Å². The molecule has 29 heavy (non-hydrogen) atoms. The molecule has 5 nitrogen and oxygen atoms in total. The van der Waals surface area contributed by atoms with Crippen molar-refractivity contribution < 1.29 is 9.53 Å². The molecule has 1 aromatic heterocycles. The highest BCUT2D eigenvalue weighted by Gasteiger charge is 2.24. The first-order valence-electron chi connectivity index (χ1n) is 10.7. The highest BCUT2D eigenvalue weighted by atomic mass is 127. The van der Waals surface area contributed by atoms with Gasteiger partial charge in [0.25, 0.3) is 5.91 Å². The van der Waals surface area contributed by atoms with Crippen LogP contribution in [0.15, 0.2) is 30.3 Å². The average molecular weight is 509 g/mol. The molecule has 0 saturated carbocycles. The number of amides is 1. The van der Waals surface area contributed by atoms with Crippen LogP contribution in [0.2, 0.25) is 0 Å². The number of nitrogens with one attached hydrogen (secondary N) is 1. The Hall–Kier alpha value is -1.41. The van der Waals surface area contributed by atoms with Gasteiger partial charge in [0.15, 0.2) is 5.69 Å². The highest BCUT2D eigenvalue weighted by Crippen LogP contribution is 2.25. The molecule has 1 atom stereocenters. The second-order valence-corrected chi connectivity index (χ2v) is 8.94. The van der Waals surface area contributed by atoms with Gasteiger partial charge in [0.2, 0.25) is 0 Å². The van der Waals surface area contributed by atoms with Crippen LogP contribution in [0.5, 0.6) is 0 Å². The summed E-state index contributed by atoms with van der Waals surface area (Å²) in [7, 11) is 0. The summed E-state index contributed by atoms with van der Waals surface area (Å²) in [5.74, 6) is 0.511. The highest BCUT2D eigenvalue weighted by molar-refractivity contribution is 14.1. The topological polar surface area (TPSA) is 56.2 Å². The Kier molecular flexibility index (Phi) is 8.98. The molecule has 1 aliphatic carbocycles. The van der Waals surface area contributed by atoms with E-state index in [0.717, 1.165) is 61.9 Å². The molecule has 0 radical (unpaired) electrons. The number of carbonyl (C=O) groups excluding carboxylic acids is 1. The number of carbonyl (C=O) groups is 1. The van der Waals surface area contributed by atoms with Crippen LogP contribution < -0.4 is 5.32 Å². The van der Waals surface area contributed by atoms with Gasteiger partial charge in [0.1, 0.15) is 0 Å². The van der Waals surface area contributed by atoms with Crippen LogP contribution in [0, 0.1) is 5.92 Å². The average Bonchev–Trinajstić information content (AvgIpc) is 3.10. The summed E-state index contributed by atoms with van der Waals surface area (Å²) in [5, 5.41) is 7.84. The van der Waals surface area contributed by atoms with Gasteiger partial charge in [-0.2, -0.15) is 5.10 Å². The molecule has 1 amide bonds. The minimum Gasteiger partial charge on any atom is -0.381 e. The van der Waals surface area contributed by atoms with Crippen molar-refractivity contribution in [3.63, 3.8) is 0 Å². The van der Waals surface area contributed by atoms with Crippen LogP contribution in [0.4, 0.5) is 0 Å². The minimum atomic E-state index is -0.0247. The second kappa shape index (κ2) is 11.7. The SMILES string of the molecule is CC(CCNC(=O)c1nn(Cc2ccccc2)c2c1CCCC2)CCOCCI. The molecule has 0 aliphatic heterocycles. The fourth-order valence-corrected chi connectivity index (χ4v) is 4.15. The van der Waals surface area contributed by atoms with E-state index < -0.39 is 0 Å². The van der Waals surface area contributed by atoms with Crippen molar-refractivity contribution in [1.29, 1.82) is 0 Å². The smallest absolute Gasteiger partial charge is 0.272 e. The van der Waals surface area contributed by atoms with E-state index in [4.69, 9.17) is 9.84 Å². The largest absolute Gasteiger partial charge is 0.381 e. The Bertz CT molecular complexity index is 776. The third-order valence-electron chi connectivity index (χ3n) is 5.55. The lowest BCUT2D eigenvalue weighted by molar-refractivity contribution is 0.0943. The van der Waals surface area contributed by atoms with E-state index >= 15 is 0 Å². The molecule has 1 heterocycles. The van der Waals surface area contributed by atoms with Gasteiger partial charge in [-0.3, -0.25) is 9.48 Å². The Labute approximate surface area is 187 Å². The zero-order valence-corrected chi connectivity index (χ0v) is 19.5. The van der Waals surface area contributed by atoms with Crippen LogP contribution in [0.3, 0.4) is 0 Å². The van der Waals surface area contributed by atoms with E-state index in [-0.39, 0.29) is 5.91 Å². The lowest BCUT2D eigenvalue weighted by atomic mass is 9.95. The molecule has 0 spiro atoms. The van der Waals surface area contributed by atoms with Crippen molar-refractivity contribution >= 4 is 28.5 Å². The summed E-state index contributed by atoms with van der Waals surface area (Å²) >= 11 is 2.32. The lowest BCUT2D eigenvalue weighted by Gasteiger charge is -2.14. The molecule has 1 aromatic carbocycles. The molecule has 1 unspecified atom stereocenters. The first-order chi connectivity index (χ1) is 14.2. The van der Waals surface area contributed by atoms with Crippen LogP contribution in [0.1, 0.15) is 59.9 Å². The van der Waals surface area contributed by atoms with Gasteiger partial charge in [0.05, 0.1) is 13.2 Å².